The topological polar surface area (TPSA) is 21.3 Å². The number of hydrogen-bond donors (Lipinski definition) is 1. The van der Waals surface area contributed by atoms with Gasteiger partial charge in [-0.2, -0.15) is 0 Å². The Morgan fingerprint density at radius 2 is 2.18 bits per heavy atom. The Hall–Kier alpha value is -0.450. The molecule has 0 radical (unpaired) electrons. The van der Waals surface area contributed by atoms with Crippen molar-refractivity contribution in [3.8, 4) is 5.75 Å². The molecular weight excluding hydrogens is 253 g/mol. The zero-order valence-corrected chi connectivity index (χ0v) is 8.68. The maximum absolute atomic E-state index is 5.14. The second-order valence-corrected chi connectivity index (χ2v) is 3.15. The summed E-state index contributed by atoms with van der Waals surface area (Å²) in [5.74, 6) is 0.914. The van der Waals surface area contributed by atoms with Gasteiger partial charge in [-0.1, -0.05) is 6.07 Å². The van der Waals surface area contributed by atoms with Gasteiger partial charge in [0.15, 0.2) is 0 Å². The molecule has 1 aromatic carbocycles. The van der Waals surface area contributed by atoms with Crippen LogP contribution in [-0.4, -0.2) is 14.2 Å². The lowest BCUT2D eigenvalue weighted by atomic mass is 10.3. The first-order valence-electron chi connectivity index (χ1n) is 3.30. The summed E-state index contributed by atoms with van der Waals surface area (Å²) in [5, 5.41) is 3.08. The van der Waals surface area contributed by atoms with E-state index in [0.29, 0.717) is 0 Å². The molecule has 0 amide bonds. The molecule has 0 fully saturated rings. The SMILES string of the molecule is CNc1cccc(OC)c1I. The summed E-state index contributed by atoms with van der Waals surface area (Å²) < 4.78 is 6.26. The van der Waals surface area contributed by atoms with E-state index in [1.807, 2.05) is 25.2 Å². The van der Waals surface area contributed by atoms with Gasteiger partial charge in [-0.05, 0) is 34.7 Å². The summed E-state index contributed by atoms with van der Waals surface area (Å²) in [5.41, 5.74) is 1.10. The minimum absolute atomic E-state index is 0.914. The quantitative estimate of drug-likeness (QED) is 0.827. The average molecular weight is 263 g/mol. The summed E-state index contributed by atoms with van der Waals surface area (Å²) in [6.07, 6.45) is 0. The summed E-state index contributed by atoms with van der Waals surface area (Å²) in [6.45, 7) is 0. The number of anilines is 1. The van der Waals surface area contributed by atoms with Gasteiger partial charge in [0.25, 0.3) is 0 Å². The molecule has 0 aliphatic heterocycles. The Labute approximate surface area is 80.1 Å². The number of methoxy groups -OCH3 is 1. The summed E-state index contributed by atoms with van der Waals surface area (Å²) in [7, 11) is 3.58. The highest BCUT2D eigenvalue weighted by molar-refractivity contribution is 14.1. The van der Waals surface area contributed by atoms with Gasteiger partial charge in [0, 0.05) is 7.05 Å². The van der Waals surface area contributed by atoms with E-state index in [0.717, 1.165) is 15.0 Å². The van der Waals surface area contributed by atoms with Crippen molar-refractivity contribution >= 4 is 28.3 Å². The molecule has 1 rings (SSSR count). The van der Waals surface area contributed by atoms with E-state index in [2.05, 4.69) is 27.9 Å². The average Bonchev–Trinajstić information content (AvgIpc) is 2.05. The molecule has 1 aromatic rings. The van der Waals surface area contributed by atoms with Crippen molar-refractivity contribution < 1.29 is 4.74 Å². The van der Waals surface area contributed by atoms with Crippen molar-refractivity contribution in [1.82, 2.24) is 0 Å². The molecule has 1 N–H and O–H groups in total. The zero-order valence-electron chi connectivity index (χ0n) is 6.52. The number of benzene rings is 1. The zero-order chi connectivity index (χ0) is 8.27. The number of hydrogen-bond acceptors (Lipinski definition) is 2. The van der Waals surface area contributed by atoms with Gasteiger partial charge < -0.3 is 10.1 Å². The minimum atomic E-state index is 0.914. The van der Waals surface area contributed by atoms with E-state index in [-0.39, 0.29) is 0 Å². The van der Waals surface area contributed by atoms with Crippen LogP contribution in [-0.2, 0) is 0 Å². The Morgan fingerprint density at radius 3 is 2.73 bits per heavy atom. The van der Waals surface area contributed by atoms with Crippen molar-refractivity contribution in [3.63, 3.8) is 0 Å². The van der Waals surface area contributed by atoms with Gasteiger partial charge in [0.2, 0.25) is 0 Å². The molecule has 0 aliphatic rings. The lowest BCUT2D eigenvalue weighted by Crippen LogP contribution is -1.93. The standard InChI is InChI=1S/C8H10INO/c1-10-6-4-3-5-7(11-2)8(6)9/h3-5,10H,1-2H3. The van der Waals surface area contributed by atoms with E-state index in [9.17, 15) is 0 Å². The Morgan fingerprint density at radius 1 is 1.45 bits per heavy atom. The van der Waals surface area contributed by atoms with Crippen LogP contribution in [0.4, 0.5) is 5.69 Å². The molecule has 0 saturated carbocycles. The van der Waals surface area contributed by atoms with Crippen LogP contribution in [0.1, 0.15) is 0 Å². The van der Waals surface area contributed by atoms with Crippen LogP contribution < -0.4 is 10.1 Å². The third-order valence-electron chi connectivity index (χ3n) is 1.45. The van der Waals surface area contributed by atoms with Crippen LogP contribution in [0.25, 0.3) is 0 Å². The second kappa shape index (κ2) is 3.80. The Balaban J connectivity index is 3.10. The molecule has 2 nitrogen and oxygen atoms in total. The van der Waals surface area contributed by atoms with Crippen molar-refractivity contribution in [1.29, 1.82) is 0 Å². The van der Waals surface area contributed by atoms with Crippen LogP contribution in [0.2, 0.25) is 0 Å². The first kappa shape index (κ1) is 8.64. The number of halogens is 1. The lowest BCUT2D eigenvalue weighted by Gasteiger charge is -2.07. The van der Waals surface area contributed by atoms with E-state index < -0.39 is 0 Å². The Bertz CT molecular complexity index is 228. The first-order chi connectivity index (χ1) is 5.29. The third-order valence-corrected chi connectivity index (χ3v) is 2.57. The second-order valence-electron chi connectivity index (χ2n) is 2.07. The van der Waals surface area contributed by atoms with E-state index in [1.165, 1.54) is 0 Å². The molecule has 0 atom stereocenters. The van der Waals surface area contributed by atoms with Crippen LogP contribution in [0.5, 0.6) is 5.75 Å². The summed E-state index contributed by atoms with van der Waals surface area (Å²) in [6, 6.07) is 5.93. The van der Waals surface area contributed by atoms with Gasteiger partial charge in [-0.3, -0.25) is 0 Å². The largest absolute Gasteiger partial charge is 0.496 e. The number of rotatable bonds is 2. The molecule has 0 heterocycles. The lowest BCUT2D eigenvalue weighted by molar-refractivity contribution is 0.412. The molecule has 0 aromatic heterocycles. The van der Waals surface area contributed by atoms with Gasteiger partial charge in [0.05, 0.1) is 16.4 Å². The Kier molecular flexibility index (Phi) is 2.99. The van der Waals surface area contributed by atoms with Crippen molar-refractivity contribution in [2.45, 2.75) is 0 Å². The molecule has 0 bridgehead atoms. The predicted molar refractivity (Wildman–Crippen MR) is 55.3 cm³/mol. The van der Waals surface area contributed by atoms with Crippen molar-refractivity contribution in [3.05, 3.63) is 21.8 Å². The predicted octanol–water partition coefficient (Wildman–Crippen LogP) is 2.34. The van der Waals surface area contributed by atoms with Crippen LogP contribution in [0.3, 0.4) is 0 Å². The molecule has 11 heavy (non-hydrogen) atoms. The van der Waals surface area contributed by atoms with Gasteiger partial charge in [-0.15, -0.1) is 0 Å². The van der Waals surface area contributed by atoms with Gasteiger partial charge in [-0.25, -0.2) is 0 Å². The fraction of sp³-hybridized carbons (Fsp3) is 0.250. The van der Waals surface area contributed by atoms with Crippen molar-refractivity contribution in [2.24, 2.45) is 0 Å². The fourth-order valence-electron chi connectivity index (χ4n) is 0.862. The maximum Gasteiger partial charge on any atom is 0.134 e. The fourth-order valence-corrected chi connectivity index (χ4v) is 1.71. The molecule has 60 valence electrons. The third kappa shape index (κ3) is 1.77. The van der Waals surface area contributed by atoms with Crippen LogP contribution >= 0.6 is 22.6 Å². The van der Waals surface area contributed by atoms with Gasteiger partial charge >= 0.3 is 0 Å². The molecule has 0 aliphatic carbocycles. The molecule has 0 unspecified atom stereocenters. The smallest absolute Gasteiger partial charge is 0.134 e. The highest BCUT2D eigenvalue weighted by atomic mass is 127. The molecule has 0 saturated heterocycles. The van der Waals surface area contributed by atoms with Crippen molar-refractivity contribution in [2.75, 3.05) is 19.5 Å². The minimum Gasteiger partial charge on any atom is -0.496 e. The summed E-state index contributed by atoms with van der Waals surface area (Å²) >= 11 is 2.25. The normalized spacial score (nSPS) is 9.36. The molecule has 3 heteroatoms. The van der Waals surface area contributed by atoms with Crippen LogP contribution in [0.15, 0.2) is 18.2 Å². The highest BCUT2D eigenvalue weighted by Gasteiger charge is 2.02. The molecular formula is C8H10INO. The highest BCUT2D eigenvalue weighted by Crippen LogP contribution is 2.27. The first-order valence-corrected chi connectivity index (χ1v) is 4.37. The van der Waals surface area contributed by atoms with E-state index in [1.54, 1.807) is 7.11 Å². The van der Waals surface area contributed by atoms with E-state index >= 15 is 0 Å². The van der Waals surface area contributed by atoms with E-state index in [4.69, 9.17) is 4.74 Å². The number of nitrogens with one attached hydrogen (secondary N) is 1. The van der Waals surface area contributed by atoms with Gasteiger partial charge in [0.1, 0.15) is 5.75 Å². The molecule has 0 spiro atoms. The number of ether oxygens (including phenoxy) is 1. The maximum atomic E-state index is 5.14. The summed E-state index contributed by atoms with van der Waals surface area (Å²) in [4.78, 5) is 0. The van der Waals surface area contributed by atoms with Crippen LogP contribution in [0, 0.1) is 3.57 Å². The monoisotopic (exact) mass is 263 g/mol.